The summed E-state index contributed by atoms with van der Waals surface area (Å²) < 4.78 is 4.98. The fourth-order valence-corrected chi connectivity index (χ4v) is 2.06. The first-order valence-electron chi connectivity index (χ1n) is 6.18. The van der Waals surface area contributed by atoms with Crippen LogP contribution in [0.5, 0.6) is 0 Å². The summed E-state index contributed by atoms with van der Waals surface area (Å²) in [6, 6.07) is 0.574. The van der Waals surface area contributed by atoms with Crippen LogP contribution in [0.25, 0.3) is 0 Å². The summed E-state index contributed by atoms with van der Waals surface area (Å²) in [6.07, 6.45) is 1.14. The number of hydrogen-bond acceptors (Lipinski definition) is 4. The summed E-state index contributed by atoms with van der Waals surface area (Å²) >= 11 is 0. The lowest BCUT2D eigenvalue weighted by atomic mass is 10.1. The molecule has 0 aliphatic carbocycles. The van der Waals surface area contributed by atoms with Crippen molar-refractivity contribution in [2.24, 2.45) is 10.8 Å². The van der Waals surface area contributed by atoms with Gasteiger partial charge in [-0.2, -0.15) is 0 Å². The fourth-order valence-electron chi connectivity index (χ4n) is 2.06. The minimum atomic E-state index is 0.574. The molecule has 17 heavy (non-hydrogen) atoms. The Labute approximate surface area is 104 Å². The molecule has 3 N–H and O–H groups in total. The summed E-state index contributed by atoms with van der Waals surface area (Å²) in [5.41, 5.74) is 2.69. The van der Waals surface area contributed by atoms with Crippen LogP contribution in [0, 0.1) is 0 Å². The highest BCUT2D eigenvalue weighted by atomic mass is 16.5. The van der Waals surface area contributed by atoms with Gasteiger partial charge < -0.3 is 9.64 Å². The van der Waals surface area contributed by atoms with E-state index >= 15 is 0 Å². The highest BCUT2D eigenvalue weighted by molar-refractivity contribution is 5.79. The normalized spacial score (nSPS) is 22.9. The molecule has 1 rings (SSSR count). The molecule has 0 saturated carbocycles. The maximum absolute atomic E-state index is 5.53. The molecular weight excluding hydrogens is 218 g/mol. The second kappa shape index (κ2) is 7.47. The van der Waals surface area contributed by atoms with Gasteiger partial charge in [0, 0.05) is 32.8 Å². The number of rotatable bonds is 4. The maximum Gasteiger partial charge on any atom is 0.208 e. The Morgan fingerprint density at radius 1 is 1.53 bits per heavy atom. The fraction of sp³-hybridized carbons (Fsp3) is 0.909. The van der Waals surface area contributed by atoms with Gasteiger partial charge in [0.25, 0.3) is 0 Å². The predicted octanol–water partition coefficient (Wildman–Crippen LogP) is -0.522. The number of ether oxygens (including phenoxy) is 1. The van der Waals surface area contributed by atoms with E-state index in [4.69, 9.17) is 10.6 Å². The van der Waals surface area contributed by atoms with Gasteiger partial charge in [-0.05, 0) is 13.5 Å². The first kappa shape index (κ1) is 14.2. The zero-order valence-electron chi connectivity index (χ0n) is 11.1. The smallest absolute Gasteiger partial charge is 0.208 e. The zero-order valence-corrected chi connectivity index (χ0v) is 11.1. The van der Waals surface area contributed by atoms with Crippen LogP contribution in [0.2, 0.25) is 0 Å². The first-order valence-corrected chi connectivity index (χ1v) is 6.18. The van der Waals surface area contributed by atoms with Crippen molar-refractivity contribution >= 4 is 5.96 Å². The lowest BCUT2D eigenvalue weighted by molar-refractivity contribution is 0.134. The Bertz CT molecular complexity index is 246. The van der Waals surface area contributed by atoms with E-state index in [1.807, 2.05) is 0 Å². The molecule has 1 fully saturated rings. The highest BCUT2D eigenvalue weighted by Crippen LogP contribution is 2.10. The van der Waals surface area contributed by atoms with E-state index < -0.39 is 0 Å². The Morgan fingerprint density at radius 3 is 2.88 bits per heavy atom. The molecule has 1 heterocycles. The van der Waals surface area contributed by atoms with Gasteiger partial charge in [0.05, 0.1) is 13.2 Å². The van der Waals surface area contributed by atoms with Gasteiger partial charge in [-0.3, -0.25) is 10.3 Å². The Hall–Kier alpha value is -0.850. The van der Waals surface area contributed by atoms with Crippen molar-refractivity contribution in [3.63, 3.8) is 0 Å². The lowest BCUT2D eigenvalue weighted by Gasteiger charge is -2.40. The number of aliphatic imine (C=N–C) groups is 1. The summed E-state index contributed by atoms with van der Waals surface area (Å²) in [4.78, 5) is 9.01. The number of nitrogens with one attached hydrogen (secondary N) is 1. The largest absolute Gasteiger partial charge is 0.383 e. The van der Waals surface area contributed by atoms with Gasteiger partial charge in [-0.15, -0.1) is 0 Å². The molecule has 6 heteroatoms. The molecule has 1 atom stereocenters. The van der Waals surface area contributed by atoms with Gasteiger partial charge in [-0.1, -0.05) is 6.92 Å². The minimum absolute atomic E-state index is 0.574. The molecule has 0 bridgehead atoms. The highest BCUT2D eigenvalue weighted by Gasteiger charge is 2.24. The molecule has 0 aromatic rings. The summed E-state index contributed by atoms with van der Waals surface area (Å²) in [5.74, 6) is 6.30. The number of likely N-dealkylation sites (N-methyl/N-ethyl adjacent to an activating group) is 1. The third-order valence-corrected chi connectivity index (χ3v) is 3.23. The van der Waals surface area contributed by atoms with Crippen molar-refractivity contribution in [3.05, 3.63) is 0 Å². The zero-order chi connectivity index (χ0) is 12.7. The molecular formula is C11H25N5O. The molecule has 0 aromatic carbocycles. The average Bonchev–Trinajstić information content (AvgIpc) is 2.36. The van der Waals surface area contributed by atoms with Crippen molar-refractivity contribution in [2.45, 2.75) is 19.4 Å². The van der Waals surface area contributed by atoms with Crippen molar-refractivity contribution in [2.75, 3.05) is 46.9 Å². The Kier molecular flexibility index (Phi) is 6.25. The van der Waals surface area contributed by atoms with Crippen LogP contribution in [0.1, 0.15) is 13.3 Å². The first-order chi connectivity index (χ1) is 8.22. The third kappa shape index (κ3) is 4.14. The summed E-state index contributed by atoms with van der Waals surface area (Å²) in [6.45, 7) is 6.45. The molecule has 1 aliphatic rings. The van der Waals surface area contributed by atoms with Gasteiger partial charge in [0.2, 0.25) is 5.96 Å². The van der Waals surface area contributed by atoms with Crippen LogP contribution >= 0.6 is 0 Å². The number of methoxy groups -OCH3 is 1. The van der Waals surface area contributed by atoms with E-state index in [1.54, 1.807) is 7.11 Å². The van der Waals surface area contributed by atoms with Crippen LogP contribution in [0.3, 0.4) is 0 Å². The van der Waals surface area contributed by atoms with E-state index in [1.165, 1.54) is 0 Å². The van der Waals surface area contributed by atoms with E-state index in [0.29, 0.717) is 19.2 Å². The number of nitrogens with zero attached hydrogens (tertiary/aromatic N) is 3. The number of piperazine rings is 1. The SMILES string of the molecule is CCC1CN(C(=NCCOC)NN)CCN1C. The van der Waals surface area contributed by atoms with Gasteiger partial charge in [0.15, 0.2) is 0 Å². The topological polar surface area (TPSA) is 66.1 Å². The third-order valence-electron chi connectivity index (χ3n) is 3.23. The summed E-state index contributed by atoms with van der Waals surface area (Å²) in [5, 5.41) is 0. The molecule has 0 radical (unpaired) electrons. The molecule has 6 nitrogen and oxygen atoms in total. The second-order valence-corrected chi connectivity index (χ2v) is 4.33. The average molecular weight is 243 g/mol. The molecule has 0 amide bonds. The van der Waals surface area contributed by atoms with Crippen molar-refractivity contribution in [1.82, 2.24) is 15.2 Å². The van der Waals surface area contributed by atoms with Crippen LogP contribution in [0.15, 0.2) is 4.99 Å². The van der Waals surface area contributed by atoms with Gasteiger partial charge in [-0.25, -0.2) is 10.8 Å². The molecule has 1 saturated heterocycles. The molecule has 1 unspecified atom stereocenters. The number of hydrazine groups is 1. The number of nitrogens with two attached hydrogens (primary N) is 1. The predicted molar refractivity (Wildman–Crippen MR) is 69.8 cm³/mol. The molecule has 0 spiro atoms. The Balaban J connectivity index is 2.54. The molecule has 100 valence electrons. The standard InChI is InChI=1S/C11H25N5O/c1-4-10-9-16(7-6-15(10)2)11(14-12)13-5-8-17-3/h10H,4-9,12H2,1-3H3,(H,13,14). The number of guanidine groups is 1. The minimum Gasteiger partial charge on any atom is -0.383 e. The van der Waals surface area contributed by atoms with Crippen molar-refractivity contribution < 1.29 is 4.74 Å². The monoisotopic (exact) mass is 243 g/mol. The van der Waals surface area contributed by atoms with Crippen LogP contribution in [-0.4, -0.2) is 68.7 Å². The van der Waals surface area contributed by atoms with E-state index in [9.17, 15) is 0 Å². The van der Waals surface area contributed by atoms with Crippen molar-refractivity contribution in [1.29, 1.82) is 0 Å². The van der Waals surface area contributed by atoms with Gasteiger partial charge in [0.1, 0.15) is 0 Å². The second-order valence-electron chi connectivity index (χ2n) is 4.33. The van der Waals surface area contributed by atoms with Crippen LogP contribution in [-0.2, 0) is 4.74 Å². The van der Waals surface area contributed by atoms with Gasteiger partial charge >= 0.3 is 0 Å². The van der Waals surface area contributed by atoms with E-state index in [2.05, 4.69) is 34.2 Å². The quantitative estimate of drug-likeness (QED) is 0.229. The van der Waals surface area contributed by atoms with E-state index in [0.717, 1.165) is 32.0 Å². The summed E-state index contributed by atoms with van der Waals surface area (Å²) in [7, 11) is 3.84. The maximum atomic E-state index is 5.53. The molecule has 0 aromatic heterocycles. The van der Waals surface area contributed by atoms with E-state index in [-0.39, 0.29) is 0 Å². The molecule has 1 aliphatic heterocycles. The van der Waals surface area contributed by atoms with Crippen LogP contribution in [0.4, 0.5) is 0 Å². The van der Waals surface area contributed by atoms with Crippen molar-refractivity contribution in [3.8, 4) is 0 Å². The Morgan fingerprint density at radius 2 is 2.29 bits per heavy atom. The lowest BCUT2D eigenvalue weighted by Crippen LogP contribution is -2.57. The number of hydrogen-bond donors (Lipinski definition) is 2. The van der Waals surface area contributed by atoms with Crippen LogP contribution < -0.4 is 11.3 Å².